The number of halogens is 1. The fourth-order valence-electron chi connectivity index (χ4n) is 2.36. The predicted molar refractivity (Wildman–Crippen MR) is 68.0 cm³/mol. The molecule has 90 valence electrons. The van der Waals surface area contributed by atoms with Gasteiger partial charge in [-0.25, -0.2) is 0 Å². The number of aliphatic hydroxyl groups excluding tert-OH is 1. The molecule has 2 atom stereocenters. The van der Waals surface area contributed by atoms with Gasteiger partial charge in [0, 0.05) is 24.3 Å². The first kappa shape index (κ1) is 12.2. The monoisotopic (exact) mass is 250 g/mol. The van der Waals surface area contributed by atoms with Crippen LogP contribution in [0.5, 0.6) is 0 Å². The van der Waals surface area contributed by atoms with Crippen molar-refractivity contribution in [1.29, 1.82) is 5.26 Å². The molecular weight excluding hydrogens is 236 g/mol. The molecule has 0 amide bonds. The number of aliphatic hydroxyl groups is 1. The highest BCUT2D eigenvalue weighted by molar-refractivity contribution is 6.32. The molecule has 3 nitrogen and oxygen atoms in total. The maximum absolute atomic E-state index is 9.24. The fraction of sp³-hybridized carbons (Fsp3) is 0.462. The first-order chi connectivity index (χ1) is 8.24. The van der Waals surface area contributed by atoms with E-state index in [0.717, 1.165) is 24.9 Å². The van der Waals surface area contributed by atoms with Crippen molar-refractivity contribution in [3.8, 4) is 6.07 Å². The zero-order valence-corrected chi connectivity index (χ0v) is 10.2. The van der Waals surface area contributed by atoms with Gasteiger partial charge < -0.3 is 10.4 Å². The van der Waals surface area contributed by atoms with Crippen molar-refractivity contribution >= 4 is 17.3 Å². The van der Waals surface area contributed by atoms with Crippen LogP contribution < -0.4 is 5.32 Å². The molecule has 0 bridgehead atoms. The molecule has 0 heterocycles. The summed E-state index contributed by atoms with van der Waals surface area (Å²) < 4.78 is 0. The lowest BCUT2D eigenvalue weighted by Gasteiger charge is -2.20. The molecule has 0 saturated heterocycles. The van der Waals surface area contributed by atoms with Crippen molar-refractivity contribution in [2.24, 2.45) is 5.92 Å². The van der Waals surface area contributed by atoms with E-state index in [0.29, 0.717) is 22.5 Å². The van der Waals surface area contributed by atoms with E-state index >= 15 is 0 Å². The van der Waals surface area contributed by atoms with Crippen molar-refractivity contribution in [2.45, 2.75) is 25.3 Å². The van der Waals surface area contributed by atoms with E-state index in [4.69, 9.17) is 16.9 Å². The molecule has 0 aliphatic heterocycles. The zero-order chi connectivity index (χ0) is 12.3. The van der Waals surface area contributed by atoms with Gasteiger partial charge in [0.15, 0.2) is 0 Å². The van der Waals surface area contributed by atoms with E-state index in [-0.39, 0.29) is 6.61 Å². The second kappa shape index (κ2) is 5.39. The minimum atomic E-state index is 0.224. The third-order valence-electron chi connectivity index (χ3n) is 3.34. The van der Waals surface area contributed by atoms with Gasteiger partial charge in [0.05, 0.1) is 10.6 Å². The van der Waals surface area contributed by atoms with Gasteiger partial charge in [0.1, 0.15) is 6.07 Å². The van der Waals surface area contributed by atoms with Crippen molar-refractivity contribution in [3.05, 3.63) is 28.8 Å². The molecule has 17 heavy (non-hydrogen) atoms. The van der Waals surface area contributed by atoms with Gasteiger partial charge in [-0.05, 0) is 31.0 Å². The summed E-state index contributed by atoms with van der Waals surface area (Å²) in [6, 6.07) is 7.69. The molecule has 0 spiro atoms. The van der Waals surface area contributed by atoms with Crippen LogP contribution in [0.4, 0.5) is 5.69 Å². The summed E-state index contributed by atoms with van der Waals surface area (Å²) in [4.78, 5) is 0. The zero-order valence-electron chi connectivity index (χ0n) is 9.49. The van der Waals surface area contributed by atoms with E-state index < -0.39 is 0 Å². The van der Waals surface area contributed by atoms with E-state index in [1.807, 2.05) is 12.1 Å². The van der Waals surface area contributed by atoms with Crippen LogP contribution in [0.1, 0.15) is 24.8 Å². The molecule has 2 N–H and O–H groups in total. The number of hydrogen-bond donors (Lipinski definition) is 2. The number of rotatable bonds is 3. The molecular formula is C13H15ClN2O. The number of anilines is 1. The molecule has 1 aliphatic carbocycles. The van der Waals surface area contributed by atoms with Crippen LogP contribution in [-0.4, -0.2) is 17.8 Å². The lowest BCUT2D eigenvalue weighted by molar-refractivity contribution is 0.222. The van der Waals surface area contributed by atoms with E-state index in [1.54, 1.807) is 12.1 Å². The van der Waals surface area contributed by atoms with Crippen LogP contribution >= 0.6 is 11.6 Å². The molecule has 1 saturated carbocycles. The van der Waals surface area contributed by atoms with Gasteiger partial charge in [0.2, 0.25) is 0 Å². The van der Waals surface area contributed by atoms with Gasteiger partial charge in [-0.1, -0.05) is 18.0 Å². The van der Waals surface area contributed by atoms with Crippen molar-refractivity contribution in [3.63, 3.8) is 0 Å². The Morgan fingerprint density at radius 3 is 2.94 bits per heavy atom. The predicted octanol–water partition coefficient (Wildman–Crippen LogP) is 2.78. The number of benzene rings is 1. The molecule has 2 unspecified atom stereocenters. The van der Waals surface area contributed by atoms with Crippen LogP contribution in [0.25, 0.3) is 0 Å². The van der Waals surface area contributed by atoms with Gasteiger partial charge in [-0.3, -0.25) is 0 Å². The molecule has 4 heteroatoms. The Labute approximate surface area is 106 Å². The minimum absolute atomic E-state index is 0.224. The van der Waals surface area contributed by atoms with Gasteiger partial charge >= 0.3 is 0 Å². The average molecular weight is 251 g/mol. The largest absolute Gasteiger partial charge is 0.396 e. The number of nitrogens with one attached hydrogen (secondary N) is 1. The third-order valence-corrected chi connectivity index (χ3v) is 3.65. The van der Waals surface area contributed by atoms with E-state index in [1.165, 1.54) is 0 Å². The molecule has 1 aromatic carbocycles. The number of nitriles is 1. The van der Waals surface area contributed by atoms with E-state index in [2.05, 4.69) is 5.32 Å². The standard InChI is InChI=1S/C13H15ClN2O/c14-12-6-11(5-4-9(12)7-15)16-13-3-1-2-10(13)8-17/h4-6,10,13,16-17H,1-3,8H2. The summed E-state index contributed by atoms with van der Waals surface area (Å²) in [5.74, 6) is 0.324. The normalized spacial score (nSPS) is 23.4. The highest BCUT2D eigenvalue weighted by Gasteiger charge is 2.26. The first-order valence-electron chi connectivity index (χ1n) is 5.81. The maximum Gasteiger partial charge on any atom is 0.101 e. The van der Waals surface area contributed by atoms with Crippen molar-refractivity contribution in [1.82, 2.24) is 0 Å². The molecule has 0 radical (unpaired) electrons. The molecule has 0 aromatic heterocycles. The first-order valence-corrected chi connectivity index (χ1v) is 6.19. The van der Waals surface area contributed by atoms with Crippen molar-refractivity contribution in [2.75, 3.05) is 11.9 Å². The van der Waals surface area contributed by atoms with Gasteiger partial charge in [0.25, 0.3) is 0 Å². The second-order valence-corrected chi connectivity index (χ2v) is 4.84. The molecule has 1 aliphatic rings. The Hall–Kier alpha value is -1.24. The lowest BCUT2D eigenvalue weighted by Crippen LogP contribution is -2.26. The number of hydrogen-bond acceptors (Lipinski definition) is 3. The van der Waals surface area contributed by atoms with Crippen LogP contribution in [0.15, 0.2) is 18.2 Å². The third kappa shape index (κ3) is 2.71. The Kier molecular flexibility index (Phi) is 3.88. The molecule has 2 rings (SSSR count). The minimum Gasteiger partial charge on any atom is -0.396 e. The summed E-state index contributed by atoms with van der Waals surface area (Å²) in [5, 5.41) is 21.9. The summed E-state index contributed by atoms with van der Waals surface area (Å²) in [6.45, 7) is 0.224. The quantitative estimate of drug-likeness (QED) is 0.867. The van der Waals surface area contributed by atoms with Crippen LogP contribution in [0.2, 0.25) is 5.02 Å². The van der Waals surface area contributed by atoms with Gasteiger partial charge in [-0.15, -0.1) is 0 Å². The highest BCUT2D eigenvalue weighted by Crippen LogP contribution is 2.29. The van der Waals surface area contributed by atoms with Gasteiger partial charge in [-0.2, -0.15) is 5.26 Å². The topological polar surface area (TPSA) is 56.0 Å². The summed E-state index contributed by atoms with van der Waals surface area (Å²) in [5.41, 5.74) is 1.40. The fourth-order valence-corrected chi connectivity index (χ4v) is 2.58. The highest BCUT2D eigenvalue weighted by atomic mass is 35.5. The smallest absolute Gasteiger partial charge is 0.101 e. The average Bonchev–Trinajstić information content (AvgIpc) is 2.76. The van der Waals surface area contributed by atoms with Crippen LogP contribution in [0, 0.1) is 17.2 Å². The van der Waals surface area contributed by atoms with Crippen LogP contribution in [0.3, 0.4) is 0 Å². The van der Waals surface area contributed by atoms with Crippen LogP contribution in [-0.2, 0) is 0 Å². The number of nitrogens with zero attached hydrogens (tertiary/aromatic N) is 1. The van der Waals surface area contributed by atoms with E-state index in [9.17, 15) is 5.11 Å². The Morgan fingerprint density at radius 2 is 2.29 bits per heavy atom. The summed E-state index contributed by atoms with van der Waals surface area (Å²) >= 11 is 5.97. The summed E-state index contributed by atoms with van der Waals surface area (Å²) in [7, 11) is 0. The van der Waals surface area contributed by atoms with Crippen molar-refractivity contribution < 1.29 is 5.11 Å². The molecule has 1 aromatic rings. The summed E-state index contributed by atoms with van der Waals surface area (Å²) in [6.07, 6.45) is 3.29. The Balaban J connectivity index is 2.09. The Bertz CT molecular complexity index is 442. The lowest BCUT2D eigenvalue weighted by atomic mass is 10.0. The SMILES string of the molecule is N#Cc1ccc(NC2CCCC2CO)cc1Cl. The second-order valence-electron chi connectivity index (χ2n) is 4.43. The molecule has 1 fully saturated rings. The Morgan fingerprint density at radius 1 is 1.47 bits per heavy atom. The maximum atomic E-state index is 9.24.